The summed E-state index contributed by atoms with van der Waals surface area (Å²) in [6.07, 6.45) is 0. The van der Waals surface area contributed by atoms with Gasteiger partial charge >= 0.3 is 5.97 Å². The van der Waals surface area contributed by atoms with E-state index in [9.17, 15) is 21.6 Å². The maximum absolute atomic E-state index is 12.7. The first-order valence-corrected chi connectivity index (χ1v) is 11.6. The van der Waals surface area contributed by atoms with Crippen molar-refractivity contribution in [2.45, 2.75) is 15.0 Å². The highest BCUT2D eigenvalue weighted by molar-refractivity contribution is 7.92. The number of carbonyl (C=O) groups excluding carboxylic acids is 1. The van der Waals surface area contributed by atoms with Crippen LogP contribution in [0.1, 0.15) is 9.67 Å². The Bertz CT molecular complexity index is 1040. The van der Waals surface area contributed by atoms with Gasteiger partial charge in [-0.1, -0.05) is 11.6 Å². The summed E-state index contributed by atoms with van der Waals surface area (Å²) in [5.41, 5.74) is 0. The lowest BCUT2D eigenvalue weighted by atomic mass is 10.3. The van der Waals surface area contributed by atoms with Crippen LogP contribution in [0.4, 0.5) is 0 Å². The Morgan fingerprint density at radius 3 is 2.35 bits per heavy atom. The van der Waals surface area contributed by atoms with E-state index in [-0.39, 0.29) is 27.8 Å². The highest BCUT2D eigenvalue weighted by Gasteiger charge is 2.45. The molecule has 2 aromatic rings. The molecule has 0 N–H and O–H groups in total. The number of ether oxygens (including phenoxy) is 1. The van der Waals surface area contributed by atoms with Crippen molar-refractivity contribution in [2.75, 3.05) is 20.2 Å². The van der Waals surface area contributed by atoms with Gasteiger partial charge in [0.25, 0.3) is 0 Å². The van der Waals surface area contributed by atoms with Crippen LogP contribution in [0.15, 0.2) is 45.5 Å². The standard InChI is InChI=1S/C15H14ClNO6S3/c1-23-15(18)14-13(6-7-24-14)26(21,22)17-8-12(9-17)25(19,20)11-4-2-10(16)3-5-11/h2-7,12H,8-9H2,1H3. The first-order valence-electron chi connectivity index (χ1n) is 7.33. The summed E-state index contributed by atoms with van der Waals surface area (Å²) in [6.45, 7) is -0.354. The summed E-state index contributed by atoms with van der Waals surface area (Å²) < 4.78 is 56.1. The lowest BCUT2D eigenvalue weighted by Gasteiger charge is -2.37. The Morgan fingerprint density at radius 2 is 1.77 bits per heavy atom. The quantitative estimate of drug-likeness (QED) is 0.666. The molecular formula is C15H14ClNO6S3. The molecule has 1 aliphatic heterocycles. The first kappa shape index (κ1) is 19.3. The molecule has 7 nitrogen and oxygen atoms in total. The van der Waals surface area contributed by atoms with Crippen molar-refractivity contribution in [3.63, 3.8) is 0 Å². The van der Waals surface area contributed by atoms with Gasteiger partial charge in [-0.2, -0.15) is 4.31 Å². The predicted octanol–water partition coefficient (Wildman–Crippen LogP) is 2.03. The molecule has 1 saturated heterocycles. The van der Waals surface area contributed by atoms with E-state index in [1.54, 1.807) is 0 Å². The van der Waals surface area contributed by atoms with E-state index in [0.717, 1.165) is 22.8 Å². The van der Waals surface area contributed by atoms with E-state index >= 15 is 0 Å². The van der Waals surface area contributed by atoms with Crippen molar-refractivity contribution < 1.29 is 26.4 Å². The molecule has 1 aromatic carbocycles. The first-order chi connectivity index (χ1) is 12.2. The molecule has 1 fully saturated rings. The van der Waals surface area contributed by atoms with Gasteiger partial charge in [-0.05, 0) is 35.7 Å². The number of hydrogen-bond donors (Lipinski definition) is 0. The van der Waals surface area contributed by atoms with E-state index in [2.05, 4.69) is 4.74 Å². The second-order valence-corrected chi connectivity index (χ2v) is 11.0. The zero-order chi connectivity index (χ0) is 19.1. The summed E-state index contributed by atoms with van der Waals surface area (Å²) in [7, 11) is -6.47. The SMILES string of the molecule is COC(=O)c1sccc1S(=O)(=O)N1CC(S(=O)(=O)c2ccc(Cl)cc2)C1. The third-order valence-electron chi connectivity index (χ3n) is 4.01. The van der Waals surface area contributed by atoms with Crippen LogP contribution in [-0.4, -0.2) is 52.6 Å². The molecule has 0 aliphatic carbocycles. The van der Waals surface area contributed by atoms with Crippen LogP contribution in [0.5, 0.6) is 0 Å². The van der Waals surface area contributed by atoms with E-state index < -0.39 is 31.1 Å². The van der Waals surface area contributed by atoms with Gasteiger partial charge in [-0.3, -0.25) is 0 Å². The number of hydrogen-bond acceptors (Lipinski definition) is 7. The van der Waals surface area contributed by atoms with Crippen molar-refractivity contribution in [3.8, 4) is 0 Å². The monoisotopic (exact) mass is 435 g/mol. The minimum atomic E-state index is -3.97. The average Bonchev–Trinajstić information content (AvgIpc) is 3.03. The van der Waals surface area contributed by atoms with E-state index in [0.29, 0.717) is 5.02 Å². The molecule has 3 rings (SSSR count). The van der Waals surface area contributed by atoms with Crippen LogP contribution in [0.2, 0.25) is 5.02 Å². The molecule has 0 atom stereocenters. The summed E-state index contributed by atoms with van der Waals surface area (Å²) in [6, 6.07) is 7.03. The Labute approximate surface area is 160 Å². The van der Waals surface area contributed by atoms with Crippen LogP contribution < -0.4 is 0 Å². The number of thiophene rings is 1. The van der Waals surface area contributed by atoms with Gasteiger partial charge in [0.05, 0.1) is 17.3 Å². The van der Waals surface area contributed by atoms with E-state index in [4.69, 9.17) is 11.6 Å². The zero-order valence-corrected chi connectivity index (χ0v) is 16.7. The molecule has 140 valence electrons. The lowest BCUT2D eigenvalue weighted by Crippen LogP contribution is -2.56. The Balaban J connectivity index is 1.80. The van der Waals surface area contributed by atoms with Crippen LogP contribution in [0.25, 0.3) is 0 Å². The largest absolute Gasteiger partial charge is 0.465 e. The number of sulfonamides is 1. The van der Waals surface area contributed by atoms with Crippen molar-refractivity contribution >= 4 is 48.8 Å². The van der Waals surface area contributed by atoms with Crippen molar-refractivity contribution in [3.05, 3.63) is 45.6 Å². The van der Waals surface area contributed by atoms with Gasteiger partial charge in [0, 0.05) is 18.1 Å². The molecule has 0 spiro atoms. The second-order valence-electron chi connectivity index (χ2n) is 5.55. The minimum absolute atomic E-state index is 0.0310. The summed E-state index contributed by atoms with van der Waals surface area (Å²) in [5, 5.41) is 1.04. The maximum atomic E-state index is 12.7. The number of carbonyl (C=O) groups is 1. The van der Waals surface area contributed by atoms with Gasteiger partial charge in [0.1, 0.15) is 9.77 Å². The van der Waals surface area contributed by atoms with Gasteiger partial charge in [-0.15, -0.1) is 11.3 Å². The van der Waals surface area contributed by atoms with E-state index in [1.807, 2.05) is 0 Å². The van der Waals surface area contributed by atoms with Gasteiger partial charge in [-0.25, -0.2) is 21.6 Å². The van der Waals surface area contributed by atoms with Crippen molar-refractivity contribution in [1.29, 1.82) is 0 Å². The van der Waals surface area contributed by atoms with Crippen molar-refractivity contribution in [1.82, 2.24) is 4.31 Å². The topological polar surface area (TPSA) is 97.8 Å². The number of halogens is 1. The lowest BCUT2D eigenvalue weighted by molar-refractivity contribution is 0.0602. The maximum Gasteiger partial charge on any atom is 0.349 e. The molecule has 11 heteroatoms. The normalized spacial score (nSPS) is 16.2. The molecule has 2 heterocycles. The summed E-state index contributed by atoms with van der Waals surface area (Å²) >= 11 is 6.72. The molecular weight excluding hydrogens is 422 g/mol. The third-order valence-corrected chi connectivity index (χ3v) is 9.27. The fourth-order valence-corrected chi connectivity index (χ4v) is 7.30. The zero-order valence-electron chi connectivity index (χ0n) is 13.5. The molecule has 1 aromatic heterocycles. The Hall–Kier alpha value is -1.46. The molecule has 0 amide bonds. The van der Waals surface area contributed by atoms with Gasteiger partial charge in [0.15, 0.2) is 9.84 Å². The Morgan fingerprint density at radius 1 is 1.15 bits per heavy atom. The van der Waals surface area contributed by atoms with Crippen molar-refractivity contribution in [2.24, 2.45) is 0 Å². The second kappa shape index (κ2) is 6.93. The number of esters is 1. The number of rotatable bonds is 5. The Kier molecular flexibility index (Phi) is 5.15. The molecule has 0 bridgehead atoms. The van der Waals surface area contributed by atoms with Crippen LogP contribution in [0.3, 0.4) is 0 Å². The van der Waals surface area contributed by atoms with E-state index in [1.165, 1.54) is 35.7 Å². The summed E-state index contributed by atoms with van der Waals surface area (Å²) in [4.78, 5) is 11.6. The number of benzene rings is 1. The molecule has 1 aliphatic rings. The van der Waals surface area contributed by atoms with Gasteiger partial charge < -0.3 is 4.74 Å². The summed E-state index contributed by atoms with van der Waals surface area (Å²) in [5.74, 6) is -0.746. The molecule has 0 saturated carbocycles. The number of sulfone groups is 1. The fraction of sp³-hybridized carbons (Fsp3) is 0.267. The number of methoxy groups -OCH3 is 1. The molecule has 0 unspecified atom stereocenters. The van der Waals surface area contributed by atoms with Crippen LogP contribution >= 0.6 is 22.9 Å². The fourth-order valence-electron chi connectivity index (χ4n) is 2.49. The molecule has 0 radical (unpaired) electrons. The average molecular weight is 436 g/mol. The minimum Gasteiger partial charge on any atom is -0.465 e. The third kappa shape index (κ3) is 3.27. The highest BCUT2D eigenvalue weighted by Crippen LogP contribution is 2.32. The predicted molar refractivity (Wildman–Crippen MR) is 96.8 cm³/mol. The molecule has 26 heavy (non-hydrogen) atoms. The smallest absolute Gasteiger partial charge is 0.349 e. The number of nitrogens with zero attached hydrogens (tertiary/aromatic N) is 1. The van der Waals surface area contributed by atoms with Crippen LogP contribution in [0, 0.1) is 0 Å². The van der Waals surface area contributed by atoms with Crippen LogP contribution in [-0.2, 0) is 24.6 Å². The highest BCUT2D eigenvalue weighted by atomic mass is 35.5. The van der Waals surface area contributed by atoms with Gasteiger partial charge in [0.2, 0.25) is 10.0 Å².